The van der Waals surface area contributed by atoms with Gasteiger partial charge in [0.25, 0.3) is 5.91 Å². The largest absolute Gasteiger partial charge is 0.503 e. The van der Waals surface area contributed by atoms with Crippen molar-refractivity contribution < 1.29 is 78.9 Å². The fourth-order valence-electron chi connectivity index (χ4n) is 5.05. The highest BCUT2D eigenvalue weighted by atomic mass is 19.1. The summed E-state index contributed by atoms with van der Waals surface area (Å²) in [6, 6.07) is -3.60. The summed E-state index contributed by atoms with van der Waals surface area (Å²) in [6.07, 6.45) is -22.7. The van der Waals surface area contributed by atoms with Crippen LogP contribution in [0.25, 0.3) is 0 Å². The second-order valence-corrected chi connectivity index (χ2v) is 10.6. The number of hydrogen-bond acceptors (Lipinski definition) is 17. The first-order chi connectivity index (χ1) is 20.6. The number of carbonyl (C=O) groups excluding carboxylic acids is 1. The summed E-state index contributed by atoms with van der Waals surface area (Å²) >= 11 is 0. The predicted molar refractivity (Wildman–Crippen MR) is 141 cm³/mol. The summed E-state index contributed by atoms with van der Waals surface area (Å²) in [5.41, 5.74) is 22.9. The van der Waals surface area contributed by atoms with Gasteiger partial charge in [-0.05, 0) is 19.4 Å². The van der Waals surface area contributed by atoms with Crippen LogP contribution in [0.1, 0.15) is 12.8 Å². The van der Waals surface area contributed by atoms with Gasteiger partial charge >= 0.3 is 6.16 Å². The van der Waals surface area contributed by atoms with E-state index in [1.807, 2.05) is 0 Å². The molecule has 20 nitrogen and oxygen atoms in total. The number of amides is 1. The van der Waals surface area contributed by atoms with Gasteiger partial charge in [0.15, 0.2) is 18.8 Å². The van der Waals surface area contributed by atoms with Crippen LogP contribution in [0.2, 0.25) is 0 Å². The molecule has 16 atom stereocenters. The molecule has 0 radical (unpaired) electrons. The van der Waals surface area contributed by atoms with Gasteiger partial charge in [-0.25, -0.2) is 9.18 Å². The summed E-state index contributed by atoms with van der Waals surface area (Å²) in [5, 5.41) is 88.5. The Balaban J connectivity index is 0.00000159. The van der Waals surface area contributed by atoms with Gasteiger partial charge < -0.3 is 93.2 Å². The standard InChI is InChI=1S/C22H42FN5O12.CH2O3/c23-6(1-2-24)20(36)28-8-3-7(26)18(39-22-16(34)15(33)13(31)9(4-25)37-22)17(35)19(8)40-21-14(32)11(27)12(30)10(5-29)38-21;2-1(3)4/h6-19,21-22,29-35H,1-5,24-27H2,(H,28,36);(H2,2,3,4). The molecule has 2 aliphatic heterocycles. The number of aliphatic hydroxyl groups is 7. The third kappa shape index (κ3) is 9.31. The van der Waals surface area contributed by atoms with Gasteiger partial charge in [-0.2, -0.15) is 0 Å². The highest BCUT2D eigenvalue weighted by Crippen LogP contribution is 2.32. The van der Waals surface area contributed by atoms with Crippen molar-refractivity contribution in [1.29, 1.82) is 0 Å². The number of halogens is 1. The molecule has 2 saturated heterocycles. The molecule has 1 aliphatic carbocycles. The molecule has 0 aromatic rings. The van der Waals surface area contributed by atoms with Crippen LogP contribution < -0.4 is 28.3 Å². The van der Waals surface area contributed by atoms with E-state index in [2.05, 4.69) is 5.32 Å². The Bertz CT molecular complexity index is 908. The Labute approximate surface area is 250 Å². The van der Waals surface area contributed by atoms with E-state index >= 15 is 0 Å². The minimum atomic E-state index is -1.99. The van der Waals surface area contributed by atoms with Gasteiger partial charge in [-0.1, -0.05) is 0 Å². The molecular weight excluding hydrogens is 605 g/mol. The lowest BCUT2D eigenvalue weighted by Crippen LogP contribution is -2.69. The molecule has 1 amide bonds. The summed E-state index contributed by atoms with van der Waals surface area (Å²) in [5.74, 6) is -1.07. The number of nitrogens with one attached hydrogen (secondary N) is 1. The van der Waals surface area contributed by atoms with Crippen molar-refractivity contribution >= 4 is 12.1 Å². The number of ether oxygens (including phenoxy) is 4. The number of hydrogen-bond donors (Lipinski definition) is 14. The average Bonchev–Trinajstić information content (AvgIpc) is 2.96. The number of alkyl halides is 1. The number of nitrogens with two attached hydrogens (primary N) is 4. The molecule has 2 heterocycles. The summed E-state index contributed by atoms with van der Waals surface area (Å²) < 4.78 is 36.7. The molecule has 0 aromatic heterocycles. The fourth-order valence-corrected chi connectivity index (χ4v) is 5.05. The quantitative estimate of drug-likeness (QED) is 0.104. The summed E-state index contributed by atoms with van der Waals surface area (Å²) in [4.78, 5) is 21.0. The third-order valence-electron chi connectivity index (χ3n) is 7.47. The minimum absolute atomic E-state index is 0.115. The summed E-state index contributed by atoms with van der Waals surface area (Å²) in [6.45, 7) is -1.05. The molecule has 21 heteroatoms. The van der Waals surface area contributed by atoms with Gasteiger partial charge in [0.05, 0.1) is 18.7 Å². The Morgan fingerprint density at radius 1 is 0.841 bits per heavy atom. The van der Waals surface area contributed by atoms with Crippen LogP contribution in [-0.4, -0.2) is 176 Å². The third-order valence-corrected chi connectivity index (χ3v) is 7.47. The van der Waals surface area contributed by atoms with Crippen LogP contribution in [0, 0.1) is 0 Å². The van der Waals surface area contributed by atoms with Gasteiger partial charge in [0, 0.05) is 12.6 Å². The maximum absolute atomic E-state index is 14.3. The Morgan fingerprint density at radius 2 is 1.39 bits per heavy atom. The molecule has 258 valence electrons. The maximum atomic E-state index is 14.3. The zero-order valence-corrected chi connectivity index (χ0v) is 23.4. The Morgan fingerprint density at radius 3 is 1.93 bits per heavy atom. The molecule has 3 rings (SSSR count). The first kappa shape index (κ1) is 38.3. The van der Waals surface area contributed by atoms with E-state index in [0.717, 1.165) is 0 Å². The molecule has 0 bridgehead atoms. The van der Waals surface area contributed by atoms with Gasteiger partial charge in [0.2, 0.25) is 0 Å². The van der Waals surface area contributed by atoms with E-state index in [1.54, 1.807) is 0 Å². The van der Waals surface area contributed by atoms with Crippen molar-refractivity contribution in [3.8, 4) is 0 Å². The van der Waals surface area contributed by atoms with Crippen LogP contribution >= 0.6 is 0 Å². The molecule has 16 unspecified atom stereocenters. The van der Waals surface area contributed by atoms with Crippen molar-refractivity contribution in [3.63, 3.8) is 0 Å². The Hall–Kier alpha value is -1.93. The number of aliphatic hydroxyl groups excluding tert-OH is 7. The van der Waals surface area contributed by atoms with Crippen molar-refractivity contribution in [2.75, 3.05) is 19.7 Å². The molecule has 3 aliphatic rings. The lowest BCUT2D eigenvalue weighted by molar-refractivity contribution is -0.332. The lowest BCUT2D eigenvalue weighted by atomic mass is 9.83. The zero-order chi connectivity index (χ0) is 33.5. The van der Waals surface area contributed by atoms with Crippen LogP contribution in [0.5, 0.6) is 0 Å². The van der Waals surface area contributed by atoms with E-state index in [9.17, 15) is 44.9 Å². The topological polar surface area (TPSA) is 369 Å². The highest BCUT2D eigenvalue weighted by molar-refractivity contribution is 5.81. The lowest BCUT2D eigenvalue weighted by Gasteiger charge is -2.48. The van der Waals surface area contributed by atoms with Gasteiger partial charge in [0.1, 0.15) is 61.0 Å². The minimum Gasteiger partial charge on any atom is -0.450 e. The summed E-state index contributed by atoms with van der Waals surface area (Å²) in [7, 11) is 0. The van der Waals surface area contributed by atoms with Crippen molar-refractivity contribution in [3.05, 3.63) is 0 Å². The second-order valence-electron chi connectivity index (χ2n) is 10.6. The molecular formula is C23H44FN5O15. The van der Waals surface area contributed by atoms with E-state index in [1.165, 1.54) is 0 Å². The van der Waals surface area contributed by atoms with Crippen LogP contribution in [0.4, 0.5) is 9.18 Å². The Kier molecular flexibility index (Phi) is 14.9. The molecule has 18 N–H and O–H groups in total. The molecule has 0 spiro atoms. The predicted octanol–water partition coefficient (Wildman–Crippen LogP) is -7.22. The van der Waals surface area contributed by atoms with Crippen LogP contribution in [0.15, 0.2) is 0 Å². The van der Waals surface area contributed by atoms with Crippen LogP contribution in [0.3, 0.4) is 0 Å². The first-order valence-electron chi connectivity index (χ1n) is 13.7. The smallest absolute Gasteiger partial charge is 0.450 e. The molecule has 0 aromatic carbocycles. The van der Waals surface area contributed by atoms with E-state index in [-0.39, 0.29) is 25.9 Å². The molecule has 3 fully saturated rings. The normalized spacial score (nSPS) is 43.3. The second kappa shape index (κ2) is 17.1. The van der Waals surface area contributed by atoms with Crippen molar-refractivity contribution in [1.82, 2.24) is 5.32 Å². The van der Waals surface area contributed by atoms with E-state index in [0.29, 0.717) is 0 Å². The number of carbonyl (C=O) groups is 2. The SMILES string of the molecule is NCCC(F)C(=O)NC1CC(N)C(OC2OC(CN)C(O)C(O)C2O)C(O)C1OC1OC(CO)C(O)C(N)C1O.O=C(O)O. The monoisotopic (exact) mass is 649 g/mol. The molecule has 1 saturated carbocycles. The maximum Gasteiger partial charge on any atom is 0.503 e. The number of carboxylic acid groups (broad SMARTS) is 2. The zero-order valence-electron chi connectivity index (χ0n) is 23.4. The number of rotatable bonds is 10. The van der Waals surface area contributed by atoms with Crippen molar-refractivity contribution in [2.45, 2.75) is 111 Å². The van der Waals surface area contributed by atoms with Crippen LogP contribution in [-0.2, 0) is 23.7 Å². The first-order valence-corrected chi connectivity index (χ1v) is 13.7. The fraction of sp³-hybridized carbons (Fsp3) is 0.913. The van der Waals surface area contributed by atoms with E-state index < -0.39 is 117 Å². The van der Waals surface area contributed by atoms with Crippen molar-refractivity contribution in [2.24, 2.45) is 22.9 Å². The van der Waals surface area contributed by atoms with Gasteiger partial charge in [-0.3, -0.25) is 4.79 Å². The van der Waals surface area contributed by atoms with E-state index in [4.69, 9.17) is 56.9 Å². The average molecular weight is 650 g/mol. The van der Waals surface area contributed by atoms with Gasteiger partial charge in [-0.15, -0.1) is 0 Å². The highest BCUT2D eigenvalue weighted by Gasteiger charge is 2.52. The molecule has 44 heavy (non-hydrogen) atoms.